The smallest absolute Gasteiger partial charge is 0.241 e. The molecule has 0 saturated carbocycles. The van der Waals surface area contributed by atoms with Gasteiger partial charge in [0.1, 0.15) is 22.5 Å². The Morgan fingerprint density at radius 2 is 1.67 bits per heavy atom. The van der Waals surface area contributed by atoms with Gasteiger partial charge in [0.2, 0.25) is 6.33 Å². The van der Waals surface area contributed by atoms with Crippen LogP contribution in [0.1, 0.15) is 51.0 Å². The Morgan fingerprint density at radius 1 is 1.04 bits per heavy atom. The molecule has 0 aliphatic carbocycles. The summed E-state index contributed by atoms with van der Waals surface area (Å²) in [6.45, 7) is 5.24. The van der Waals surface area contributed by atoms with Crippen LogP contribution in [0, 0.1) is 6.92 Å². The van der Waals surface area contributed by atoms with Gasteiger partial charge in [-0.25, -0.2) is 13.0 Å². The van der Waals surface area contributed by atoms with Gasteiger partial charge in [-0.2, -0.15) is 0 Å². The molecule has 0 spiro atoms. The molecule has 1 heterocycles. The number of aryl methyl sites for hydroxylation is 2. The van der Waals surface area contributed by atoms with E-state index in [4.69, 9.17) is 0 Å². The predicted octanol–water partition coefficient (Wildman–Crippen LogP) is 3.56. The molecule has 0 radical (unpaired) electrons. The zero-order valence-corrected chi connectivity index (χ0v) is 15.4. The fraction of sp³-hybridized carbons (Fsp3) is 0.500. The van der Waals surface area contributed by atoms with Gasteiger partial charge < -0.3 is 4.55 Å². The molecule has 0 amide bonds. The van der Waals surface area contributed by atoms with Crippen LogP contribution in [0.5, 0.6) is 0 Å². The van der Waals surface area contributed by atoms with E-state index in [1.807, 2.05) is 19.4 Å². The van der Waals surface area contributed by atoms with Crippen LogP contribution in [0.3, 0.4) is 0 Å². The molecule has 0 atom stereocenters. The molecule has 0 saturated heterocycles. The fourth-order valence-corrected chi connectivity index (χ4v) is 2.71. The topological polar surface area (TPSA) is 76.9 Å². The van der Waals surface area contributed by atoms with Crippen LogP contribution in [0.4, 0.5) is 0 Å². The minimum atomic E-state index is -4.27. The summed E-state index contributed by atoms with van der Waals surface area (Å²) in [5.74, 6) is 0. The molecule has 5 nitrogen and oxygen atoms in total. The summed E-state index contributed by atoms with van der Waals surface area (Å²) in [4.78, 5) is 2.88. The summed E-state index contributed by atoms with van der Waals surface area (Å²) >= 11 is 0. The molecule has 0 aliphatic rings. The van der Waals surface area contributed by atoms with Crippen molar-refractivity contribution in [3.8, 4) is 0 Å². The first-order chi connectivity index (χ1) is 11.4. The molecule has 2 aromatic rings. The first-order valence-electron chi connectivity index (χ1n) is 8.48. The number of imidazole rings is 1. The number of aromatic amines is 1. The van der Waals surface area contributed by atoms with Crippen molar-refractivity contribution < 1.29 is 17.5 Å². The van der Waals surface area contributed by atoms with Gasteiger partial charge in [-0.05, 0) is 31.9 Å². The molecule has 0 bridgehead atoms. The maximum atomic E-state index is 10.4. The van der Waals surface area contributed by atoms with Crippen LogP contribution < -0.4 is 4.57 Å². The summed E-state index contributed by atoms with van der Waals surface area (Å²) in [5, 5.41) is 0. The zero-order chi connectivity index (χ0) is 17.8. The number of benzene rings is 1. The standard InChI is InChI=1S/C11H20N2.C7H8O3S/c1-2-3-4-5-6-7-9-13-10-8-12-11-13;1-6-2-4-7(5-3-6)11(8,9)10/h8,10-11H,2-7,9H2,1H3;2-5H,1H3,(H,8,9,10). The van der Waals surface area contributed by atoms with Crippen molar-refractivity contribution in [2.45, 2.75) is 63.8 Å². The predicted molar refractivity (Wildman–Crippen MR) is 93.5 cm³/mol. The molecule has 0 fully saturated rings. The zero-order valence-electron chi connectivity index (χ0n) is 14.6. The van der Waals surface area contributed by atoms with Gasteiger partial charge in [0.05, 0.1) is 11.4 Å². The maximum absolute atomic E-state index is 10.4. The van der Waals surface area contributed by atoms with Crippen molar-refractivity contribution >= 4 is 10.1 Å². The van der Waals surface area contributed by atoms with Gasteiger partial charge >= 0.3 is 0 Å². The van der Waals surface area contributed by atoms with Crippen molar-refractivity contribution in [2.75, 3.05) is 0 Å². The third kappa shape index (κ3) is 8.84. The molecule has 0 unspecified atom stereocenters. The summed E-state index contributed by atoms with van der Waals surface area (Å²) in [5.41, 5.74) is 0.928. The summed E-state index contributed by atoms with van der Waals surface area (Å²) in [6.07, 6.45) is 14.3. The normalized spacial score (nSPS) is 11.0. The van der Waals surface area contributed by atoms with E-state index in [0.717, 1.165) is 12.1 Å². The van der Waals surface area contributed by atoms with E-state index < -0.39 is 10.1 Å². The van der Waals surface area contributed by atoms with Crippen LogP contribution in [0.25, 0.3) is 0 Å². The third-order valence-corrected chi connectivity index (χ3v) is 4.53. The SMILES string of the molecule is CCCCCCCC[n+]1cc[nH]c1.Cc1ccc(S(=O)(=O)[O-])cc1. The number of nitrogens with one attached hydrogen (secondary N) is 1. The van der Waals surface area contributed by atoms with Gasteiger partial charge in [0.15, 0.2) is 0 Å². The Morgan fingerprint density at radius 3 is 2.21 bits per heavy atom. The largest absolute Gasteiger partial charge is 0.744 e. The van der Waals surface area contributed by atoms with Crippen molar-refractivity contribution in [3.63, 3.8) is 0 Å². The number of hydrogen-bond acceptors (Lipinski definition) is 3. The van der Waals surface area contributed by atoms with Crippen LogP contribution in [0.2, 0.25) is 0 Å². The lowest BCUT2D eigenvalue weighted by Gasteiger charge is -2.05. The molecule has 1 aromatic heterocycles. The highest BCUT2D eigenvalue weighted by atomic mass is 32.2. The van der Waals surface area contributed by atoms with Gasteiger partial charge in [0, 0.05) is 0 Å². The van der Waals surface area contributed by atoms with E-state index in [2.05, 4.69) is 22.7 Å². The van der Waals surface area contributed by atoms with Crippen molar-refractivity contribution in [1.82, 2.24) is 4.98 Å². The van der Waals surface area contributed by atoms with E-state index >= 15 is 0 Å². The molecule has 134 valence electrons. The highest BCUT2D eigenvalue weighted by Crippen LogP contribution is 2.08. The van der Waals surface area contributed by atoms with Crippen LogP contribution in [-0.4, -0.2) is 18.0 Å². The van der Waals surface area contributed by atoms with E-state index in [1.165, 1.54) is 50.7 Å². The second-order valence-corrected chi connectivity index (χ2v) is 7.26. The summed E-state index contributed by atoms with van der Waals surface area (Å²) in [6, 6.07) is 5.78. The number of rotatable bonds is 8. The fourth-order valence-electron chi connectivity index (χ4n) is 2.24. The highest BCUT2D eigenvalue weighted by molar-refractivity contribution is 7.85. The van der Waals surface area contributed by atoms with Crippen molar-refractivity contribution in [2.24, 2.45) is 0 Å². The average Bonchev–Trinajstić information content (AvgIpc) is 3.04. The van der Waals surface area contributed by atoms with Crippen molar-refractivity contribution in [3.05, 3.63) is 48.5 Å². The van der Waals surface area contributed by atoms with Crippen LogP contribution in [-0.2, 0) is 16.7 Å². The minimum Gasteiger partial charge on any atom is -0.744 e. The summed E-state index contributed by atoms with van der Waals surface area (Å²) in [7, 11) is -4.27. The van der Waals surface area contributed by atoms with Crippen LogP contribution >= 0.6 is 0 Å². The number of aromatic nitrogens is 2. The van der Waals surface area contributed by atoms with Gasteiger partial charge in [-0.3, -0.25) is 4.98 Å². The Labute approximate surface area is 145 Å². The van der Waals surface area contributed by atoms with Crippen LogP contribution in [0.15, 0.2) is 47.9 Å². The molecule has 0 aliphatic heterocycles. The first kappa shape index (κ1) is 20.4. The molecule has 2 rings (SSSR count). The van der Waals surface area contributed by atoms with Gasteiger partial charge in [0.25, 0.3) is 0 Å². The average molecular weight is 353 g/mol. The van der Waals surface area contributed by atoms with E-state index in [-0.39, 0.29) is 4.90 Å². The molecule has 1 aromatic carbocycles. The van der Waals surface area contributed by atoms with E-state index in [9.17, 15) is 13.0 Å². The van der Waals surface area contributed by atoms with Gasteiger partial charge in [-0.1, -0.05) is 50.3 Å². The number of hydrogen-bond donors (Lipinski definition) is 1. The lowest BCUT2D eigenvalue weighted by atomic mass is 10.1. The first-order valence-corrected chi connectivity index (χ1v) is 9.88. The van der Waals surface area contributed by atoms with Crippen molar-refractivity contribution in [1.29, 1.82) is 0 Å². The summed E-state index contributed by atoms with van der Waals surface area (Å²) < 4.78 is 33.4. The Bertz CT molecular complexity index is 650. The second kappa shape index (κ2) is 11.0. The third-order valence-electron chi connectivity index (χ3n) is 3.68. The Kier molecular flexibility index (Phi) is 9.34. The molecule has 6 heteroatoms. The van der Waals surface area contributed by atoms with Gasteiger partial charge in [-0.15, -0.1) is 0 Å². The molecular weight excluding hydrogens is 324 g/mol. The molecular formula is C18H28N2O3S. The van der Waals surface area contributed by atoms with E-state index in [1.54, 1.807) is 12.1 Å². The number of unbranched alkanes of at least 4 members (excludes halogenated alkanes) is 5. The second-order valence-electron chi connectivity index (χ2n) is 5.88. The Hall–Kier alpha value is -1.66. The number of nitrogens with zero attached hydrogens (tertiary/aromatic N) is 1. The maximum Gasteiger partial charge on any atom is 0.241 e. The van der Waals surface area contributed by atoms with E-state index in [0.29, 0.717) is 0 Å². The molecule has 24 heavy (non-hydrogen) atoms. The molecule has 1 N–H and O–H groups in total. The lowest BCUT2D eigenvalue weighted by molar-refractivity contribution is -0.696. The monoisotopic (exact) mass is 352 g/mol. The Balaban J connectivity index is 0.000000243. The highest BCUT2D eigenvalue weighted by Gasteiger charge is 1.98. The number of H-pyrrole nitrogens is 1. The quantitative estimate of drug-likeness (QED) is 0.448. The lowest BCUT2D eigenvalue weighted by Crippen LogP contribution is -2.30. The minimum absolute atomic E-state index is 0.178.